The number of benzene rings is 2. The molecule has 1 atom stereocenters. The van der Waals surface area contributed by atoms with Crippen molar-refractivity contribution in [2.45, 2.75) is 25.7 Å². The van der Waals surface area contributed by atoms with E-state index in [0.29, 0.717) is 13.0 Å². The van der Waals surface area contributed by atoms with E-state index in [1.54, 1.807) is 0 Å². The Kier molecular flexibility index (Phi) is 5.33. The van der Waals surface area contributed by atoms with Gasteiger partial charge in [-0.15, -0.1) is 0 Å². The zero-order valence-corrected chi connectivity index (χ0v) is 14.2. The van der Waals surface area contributed by atoms with Crippen LogP contribution in [-0.4, -0.2) is 25.0 Å². The lowest BCUT2D eigenvalue weighted by molar-refractivity contribution is -0.125. The topological polar surface area (TPSA) is 67.4 Å². The average Bonchev–Trinajstić information content (AvgIpc) is 2.65. The maximum atomic E-state index is 12.5. The van der Waals surface area contributed by atoms with E-state index in [2.05, 4.69) is 17.6 Å². The van der Waals surface area contributed by atoms with Gasteiger partial charge >= 0.3 is 0 Å². The molecule has 1 unspecified atom stereocenters. The zero-order chi connectivity index (χ0) is 17.6. The first-order valence-electron chi connectivity index (χ1n) is 8.55. The van der Waals surface area contributed by atoms with E-state index in [9.17, 15) is 9.59 Å². The van der Waals surface area contributed by atoms with E-state index in [-0.39, 0.29) is 24.3 Å². The fourth-order valence-corrected chi connectivity index (χ4v) is 2.98. The third-order valence-corrected chi connectivity index (χ3v) is 4.32. The lowest BCUT2D eigenvalue weighted by Gasteiger charge is -2.24. The van der Waals surface area contributed by atoms with Crippen LogP contribution in [0.1, 0.15) is 30.4 Å². The molecule has 0 spiro atoms. The fourth-order valence-electron chi connectivity index (χ4n) is 2.98. The second-order valence-corrected chi connectivity index (χ2v) is 6.05. The van der Waals surface area contributed by atoms with E-state index in [0.717, 1.165) is 29.0 Å². The Hall–Kier alpha value is -2.82. The maximum Gasteiger partial charge on any atom is 0.243 e. The summed E-state index contributed by atoms with van der Waals surface area (Å²) in [6.45, 7) is 2.52. The Morgan fingerprint density at radius 1 is 1.16 bits per heavy atom. The van der Waals surface area contributed by atoms with Crippen LogP contribution in [0.3, 0.4) is 0 Å². The highest BCUT2D eigenvalue weighted by Crippen LogP contribution is 2.33. The Morgan fingerprint density at radius 3 is 2.84 bits per heavy atom. The van der Waals surface area contributed by atoms with Crippen molar-refractivity contribution in [3.8, 4) is 5.75 Å². The molecule has 5 heteroatoms. The maximum absolute atomic E-state index is 12.5. The van der Waals surface area contributed by atoms with Gasteiger partial charge in [-0.05, 0) is 36.6 Å². The van der Waals surface area contributed by atoms with Crippen LogP contribution in [0.2, 0.25) is 0 Å². The summed E-state index contributed by atoms with van der Waals surface area (Å²) in [7, 11) is 0. The van der Waals surface area contributed by atoms with Gasteiger partial charge in [0.25, 0.3) is 0 Å². The summed E-state index contributed by atoms with van der Waals surface area (Å²) in [4.78, 5) is 24.6. The number of amides is 2. The van der Waals surface area contributed by atoms with Gasteiger partial charge in [0, 0.05) is 11.3 Å². The highest BCUT2D eigenvalue weighted by atomic mass is 16.5. The molecule has 3 rings (SSSR count). The van der Waals surface area contributed by atoms with Gasteiger partial charge in [-0.1, -0.05) is 37.3 Å². The second-order valence-electron chi connectivity index (χ2n) is 6.05. The van der Waals surface area contributed by atoms with Gasteiger partial charge in [-0.25, -0.2) is 0 Å². The molecule has 25 heavy (non-hydrogen) atoms. The Balaban J connectivity index is 1.56. The van der Waals surface area contributed by atoms with Crippen LogP contribution in [0.4, 0.5) is 5.69 Å². The lowest BCUT2D eigenvalue weighted by Crippen LogP contribution is -2.37. The molecule has 0 radical (unpaired) electrons. The molecule has 0 aromatic heterocycles. The summed E-state index contributed by atoms with van der Waals surface area (Å²) >= 11 is 0. The summed E-state index contributed by atoms with van der Waals surface area (Å²) in [6, 6.07) is 15.2. The Morgan fingerprint density at radius 2 is 2.00 bits per heavy atom. The number of para-hydroxylation sites is 1. The van der Waals surface area contributed by atoms with Crippen molar-refractivity contribution < 1.29 is 14.3 Å². The van der Waals surface area contributed by atoms with E-state index in [1.165, 1.54) is 0 Å². The van der Waals surface area contributed by atoms with E-state index < -0.39 is 0 Å². The summed E-state index contributed by atoms with van der Waals surface area (Å²) in [5, 5.41) is 5.55. The van der Waals surface area contributed by atoms with Crippen molar-refractivity contribution >= 4 is 17.5 Å². The molecule has 2 aromatic carbocycles. The first kappa shape index (κ1) is 17.0. The Labute approximate surface area is 147 Å². The zero-order valence-electron chi connectivity index (χ0n) is 14.2. The number of hydrogen-bond acceptors (Lipinski definition) is 3. The van der Waals surface area contributed by atoms with E-state index >= 15 is 0 Å². The van der Waals surface area contributed by atoms with Crippen molar-refractivity contribution in [1.29, 1.82) is 0 Å². The van der Waals surface area contributed by atoms with Crippen molar-refractivity contribution in [2.75, 3.05) is 18.5 Å². The monoisotopic (exact) mass is 338 g/mol. The van der Waals surface area contributed by atoms with Gasteiger partial charge in [0.05, 0.1) is 19.1 Å². The van der Waals surface area contributed by atoms with Crippen molar-refractivity contribution in [1.82, 2.24) is 5.32 Å². The van der Waals surface area contributed by atoms with Gasteiger partial charge in [0.2, 0.25) is 11.8 Å². The third-order valence-electron chi connectivity index (χ3n) is 4.32. The molecule has 1 heterocycles. The summed E-state index contributed by atoms with van der Waals surface area (Å²) < 4.78 is 5.57. The van der Waals surface area contributed by atoms with Crippen LogP contribution in [-0.2, 0) is 16.0 Å². The number of nitrogens with one attached hydrogen (secondary N) is 2. The Bertz CT molecular complexity index is 773. The third kappa shape index (κ3) is 4.18. The minimum Gasteiger partial charge on any atom is -0.493 e. The minimum absolute atomic E-state index is 0.0469. The number of fused-ring (bicyclic) bond motifs is 1. The number of anilines is 1. The first-order valence-corrected chi connectivity index (χ1v) is 8.55. The summed E-state index contributed by atoms with van der Waals surface area (Å²) in [5.74, 6) is 0.0889. The average molecular weight is 338 g/mol. The molecular weight excluding hydrogens is 316 g/mol. The number of carbonyl (C=O) groups is 2. The molecule has 5 nitrogen and oxygen atoms in total. The molecule has 2 aromatic rings. The minimum atomic E-state index is -0.277. The molecule has 0 aliphatic carbocycles. The normalized spacial score (nSPS) is 15.6. The predicted octanol–water partition coefficient (Wildman–Crippen LogP) is 2.87. The van der Waals surface area contributed by atoms with Crippen LogP contribution in [0.5, 0.6) is 5.75 Å². The van der Waals surface area contributed by atoms with Crippen molar-refractivity contribution in [3.05, 3.63) is 59.7 Å². The molecular formula is C20H22N2O3. The highest BCUT2D eigenvalue weighted by molar-refractivity contribution is 5.95. The number of ether oxygens (including phenoxy) is 1. The van der Waals surface area contributed by atoms with Crippen LogP contribution >= 0.6 is 0 Å². The molecule has 0 saturated carbocycles. The van der Waals surface area contributed by atoms with Gasteiger partial charge < -0.3 is 15.4 Å². The van der Waals surface area contributed by atoms with Crippen molar-refractivity contribution in [3.63, 3.8) is 0 Å². The SMILES string of the molecule is CCc1cccc(NC(=O)CNC(=O)C2CCOc3ccccc32)c1. The molecule has 0 bridgehead atoms. The summed E-state index contributed by atoms with van der Waals surface area (Å²) in [5.41, 5.74) is 2.78. The lowest BCUT2D eigenvalue weighted by atomic mass is 9.92. The molecule has 0 saturated heterocycles. The summed E-state index contributed by atoms with van der Waals surface area (Å²) in [6.07, 6.45) is 1.52. The fraction of sp³-hybridized carbons (Fsp3) is 0.300. The van der Waals surface area contributed by atoms with Crippen molar-refractivity contribution in [2.24, 2.45) is 0 Å². The van der Waals surface area contributed by atoms with Gasteiger partial charge in [-0.3, -0.25) is 9.59 Å². The first-order chi connectivity index (χ1) is 12.2. The van der Waals surface area contributed by atoms with E-state index in [4.69, 9.17) is 4.74 Å². The predicted molar refractivity (Wildman–Crippen MR) is 96.8 cm³/mol. The smallest absolute Gasteiger partial charge is 0.243 e. The molecule has 130 valence electrons. The van der Waals surface area contributed by atoms with Crippen LogP contribution < -0.4 is 15.4 Å². The number of carbonyl (C=O) groups excluding carboxylic acids is 2. The van der Waals surface area contributed by atoms with Gasteiger partial charge in [0.15, 0.2) is 0 Å². The molecule has 1 aliphatic heterocycles. The number of rotatable bonds is 5. The van der Waals surface area contributed by atoms with Crippen LogP contribution in [0.25, 0.3) is 0 Å². The number of aryl methyl sites for hydroxylation is 1. The largest absolute Gasteiger partial charge is 0.493 e. The number of hydrogen-bond donors (Lipinski definition) is 2. The quantitative estimate of drug-likeness (QED) is 0.881. The van der Waals surface area contributed by atoms with Gasteiger partial charge in [0.1, 0.15) is 5.75 Å². The molecule has 2 amide bonds. The van der Waals surface area contributed by atoms with Crippen LogP contribution in [0, 0.1) is 0 Å². The molecule has 2 N–H and O–H groups in total. The highest BCUT2D eigenvalue weighted by Gasteiger charge is 2.27. The molecule has 1 aliphatic rings. The van der Waals surface area contributed by atoms with Gasteiger partial charge in [-0.2, -0.15) is 0 Å². The second kappa shape index (κ2) is 7.83. The van der Waals surface area contributed by atoms with Crippen LogP contribution in [0.15, 0.2) is 48.5 Å². The standard InChI is InChI=1S/C20H22N2O3/c1-2-14-6-5-7-15(12-14)22-19(23)13-21-20(24)17-10-11-25-18-9-4-3-8-16(17)18/h3-9,12,17H,2,10-11,13H2,1H3,(H,21,24)(H,22,23). The van der Waals surface area contributed by atoms with E-state index in [1.807, 2.05) is 48.5 Å². The molecule has 0 fully saturated rings.